The number of hydrogen-bond acceptors (Lipinski definition) is 6. The van der Waals surface area contributed by atoms with Crippen LogP contribution in [0, 0.1) is 5.92 Å². The van der Waals surface area contributed by atoms with E-state index in [2.05, 4.69) is 19.9 Å². The van der Waals surface area contributed by atoms with Gasteiger partial charge in [0.1, 0.15) is 5.82 Å². The smallest absolute Gasteiger partial charge is 0.230 e. The molecule has 0 amide bonds. The predicted octanol–water partition coefficient (Wildman–Crippen LogP) is 1.41. The lowest BCUT2D eigenvalue weighted by Crippen LogP contribution is -2.35. The first kappa shape index (κ1) is 13.5. The Labute approximate surface area is 119 Å². The van der Waals surface area contributed by atoms with Crippen LogP contribution in [0.25, 0.3) is 0 Å². The molecule has 2 fully saturated rings. The molecule has 1 saturated heterocycles. The quantitative estimate of drug-likeness (QED) is 0.877. The van der Waals surface area contributed by atoms with Gasteiger partial charge in [-0.25, -0.2) is 0 Å². The summed E-state index contributed by atoms with van der Waals surface area (Å²) < 4.78 is 5.44. The number of nitrogens with two attached hydrogens (primary N) is 1. The Balaban J connectivity index is 1.77. The molecule has 1 aromatic rings. The summed E-state index contributed by atoms with van der Waals surface area (Å²) >= 11 is 0. The Morgan fingerprint density at radius 2 is 1.90 bits per heavy atom. The van der Waals surface area contributed by atoms with Crippen LogP contribution in [0.3, 0.4) is 0 Å². The van der Waals surface area contributed by atoms with E-state index in [1.165, 1.54) is 12.8 Å². The average molecular weight is 277 g/mol. The third-order valence-corrected chi connectivity index (χ3v) is 4.04. The largest absolute Gasteiger partial charge is 0.381 e. The van der Waals surface area contributed by atoms with Crippen LogP contribution < -0.4 is 10.6 Å². The van der Waals surface area contributed by atoms with Crippen molar-refractivity contribution < 1.29 is 4.74 Å². The second-order valence-electron chi connectivity index (χ2n) is 5.70. The number of anilines is 2. The van der Waals surface area contributed by atoms with Gasteiger partial charge in [-0.2, -0.15) is 15.0 Å². The summed E-state index contributed by atoms with van der Waals surface area (Å²) in [5, 5.41) is 0. The highest BCUT2D eigenvalue weighted by atomic mass is 16.5. The minimum atomic E-state index is 0.337. The van der Waals surface area contributed by atoms with Crippen LogP contribution in [0.4, 0.5) is 11.9 Å². The van der Waals surface area contributed by atoms with Crippen molar-refractivity contribution in [3.8, 4) is 0 Å². The van der Waals surface area contributed by atoms with E-state index in [4.69, 9.17) is 10.5 Å². The summed E-state index contributed by atoms with van der Waals surface area (Å²) in [5.74, 6) is 2.56. The summed E-state index contributed by atoms with van der Waals surface area (Å²) in [7, 11) is 0. The summed E-state index contributed by atoms with van der Waals surface area (Å²) in [6, 6.07) is 0.587. The van der Waals surface area contributed by atoms with Crippen LogP contribution in [-0.2, 0) is 11.2 Å². The van der Waals surface area contributed by atoms with Crippen LogP contribution in [0.15, 0.2) is 0 Å². The Hall–Kier alpha value is -1.43. The standard InChI is InChI=1S/C14H23N5O/c1-2-12-16-13(15)18-14(17-12)19(11-3-4-11)9-10-5-7-20-8-6-10/h10-11H,2-9H2,1H3,(H2,15,16,17,18). The molecule has 1 aliphatic carbocycles. The second kappa shape index (κ2) is 5.91. The van der Waals surface area contributed by atoms with Crippen molar-refractivity contribution in [2.24, 2.45) is 5.92 Å². The Morgan fingerprint density at radius 1 is 1.15 bits per heavy atom. The maximum absolute atomic E-state index is 5.82. The minimum Gasteiger partial charge on any atom is -0.381 e. The molecular weight excluding hydrogens is 254 g/mol. The van der Waals surface area contributed by atoms with Crippen molar-refractivity contribution >= 4 is 11.9 Å². The van der Waals surface area contributed by atoms with E-state index in [1.807, 2.05) is 6.92 Å². The van der Waals surface area contributed by atoms with E-state index in [0.29, 0.717) is 17.9 Å². The van der Waals surface area contributed by atoms with Gasteiger partial charge >= 0.3 is 0 Å². The maximum Gasteiger partial charge on any atom is 0.230 e. The van der Waals surface area contributed by atoms with Crippen molar-refractivity contribution in [1.82, 2.24) is 15.0 Å². The first-order chi connectivity index (χ1) is 9.76. The van der Waals surface area contributed by atoms with E-state index in [0.717, 1.165) is 50.8 Å². The Morgan fingerprint density at radius 3 is 2.55 bits per heavy atom. The molecule has 0 bridgehead atoms. The fraction of sp³-hybridized carbons (Fsp3) is 0.786. The average Bonchev–Trinajstić information content (AvgIpc) is 3.29. The lowest BCUT2D eigenvalue weighted by atomic mass is 10.00. The van der Waals surface area contributed by atoms with Gasteiger partial charge in [-0.05, 0) is 31.6 Å². The van der Waals surface area contributed by atoms with Gasteiger partial charge < -0.3 is 15.4 Å². The van der Waals surface area contributed by atoms with E-state index in [9.17, 15) is 0 Å². The molecule has 2 N–H and O–H groups in total. The first-order valence-electron chi connectivity index (χ1n) is 7.61. The summed E-state index contributed by atoms with van der Waals surface area (Å²) in [5.41, 5.74) is 5.82. The molecular formula is C14H23N5O. The zero-order chi connectivity index (χ0) is 13.9. The van der Waals surface area contributed by atoms with Crippen molar-refractivity contribution in [3.05, 3.63) is 5.82 Å². The highest BCUT2D eigenvalue weighted by Gasteiger charge is 2.33. The minimum absolute atomic E-state index is 0.337. The molecule has 3 rings (SSSR count). The van der Waals surface area contributed by atoms with Crippen molar-refractivity contribution in [2.45, 2.75) is 45.1 Å². The molecule has 110 valence electrons. The molecule has 0 aromatic carbocycles. The fourth-order valence-electron chi connectivity index (χ4n) is 2.70. The van der Waals surface area contributed by atoms with E-state index < -0.39 is 0 Å². The predicted molar refractivity (Wildman–Crippen MR) is 77.5 cm³/mol. The molecule has 20 heavy (non-hydrogen) atoms. The van der Waals surface area contributed by atoms with Crippen LogP contribution in [0.5, 0.6) is 0 Å². The summed E-state index contributed by atoms with van der Waals surface area (Å²) in [6.45, 7) is 4.81. The zero-order valence-corrected chi connectivity index (χ0v) is 12.1. The number of hydrogen-bond donors (Lipinski definition) is 1. The monoisotopic (exact) mass is 277 g/mol. The first-order valence-corrected chi connectivity index (χ1v) is 7.61. The molecule has 6 heteroatoms. The maximum atomic E-state index is 5.82. The molecule has 0 atom stereocenters. The van der Waals surface area contributed by atoms with Gasteiger partial charge in [0.05, 0.1) is 0 Å². The van der Waals surface area contributed by atoms with Gasteiger partial charge in [0.2, 0.25) is 11.9 Å². The lowest BCUT2D eigenvalue weighted by molar-refractivity contribution is 0.0680. The molecule has 1 aromatic heterocycles. The molecule has 0 unspecified atom stereocenters. The Bertz CT molecular complexity index is 457. The van der Waals surface area contributed by atoms with Gasteiger partial charge in [0, 0.05) is 32.2 Å². The highest BCUT2D eigenvalue weighted by molar-refractivity contribution is 5.38. The van der Waals surface area contributed by atoms with Crippen LogP contribution >= 0.6 is 0 Å². The number of aryl methyl sites for hydroxylation is 1. The van der Waals surface area contributed by atoms with Crippen molar-refractivity contribution in [3.63, 3.8) is 0 Å². The SMILES string of the molecule is CCc1nc(N)nc(N(CC2CCOCC2)C2CC2)n1. The van der Waals surface area contributed by atoms with Crippen LogP contribution in [0.1, 0.15) is 38.4 Å². The highest BCUT2D eigenvalue weighted by Crippen LogP contribution is 2.32. The van der Waals surface area contributed by atoms with E-state index in [-0.39, 0.29) is 0 Å². The third kappa shape index (κ3) is 3.17. The topological polar surface area (TPSA) is 77.2 Å². The van der Waals surface area contributed by atoms with E-state index >= 15 is 0 Å². The number of aromatic nitrogens is 3. The number of nitrogen functional groups attached to an aromatic ring is 1. The number of ether oxygens (including phenoxy) is 1. The van der Waals surface area contributed by atoms with Gasteiger partial charge in [-0.15, -0.1) is 0 Å². The normalized spacial score (nSPS) is 20.1. The third-order valence-electron chi connectivity index (χ3n) is 4.04. The molecule has 1 aliphatic heterocycles. The van der Waals surface area contributed by atoms with Gasteiger partial charge in [0.15, 0.2) is 0 Å². The molecule has 1 saturated carbocycles. The van der Waals surface area contributed by atoms with Crippen LogP contribution in [-0.4, -0.2) is 40.8 Å². The second-order valence-corrected chi connectivity index (χ2v) is 5.70. The van der Waals surface area contributed by atoms with Crippen LogP contribution in [0.2, 0.25) is 0 Å². The summed E-state index contributed by atoms with van der Waals surface area (Å²) in [6.07, 6.45) is 5.51. The molecule has 0 radical (unpaired) electrons. The van der Waals surface area contributed by atoms with Gasteiger partial charge in [0.25, 0.3) is 0 Å². The molecule has 6 nitrogen and oxygen atoms in total. The van der Waals surface area contributed by atoms with E-state index in [1.54, 1.807) is 0 Å². The zero-order valence-electron chi connectivity index (χ0n) is 12.1. The Kier molecular flexibility index (Phi) is 4.00. The van der Waals surface area contributed by atoms with Gasteiger partial charge in [-0.3, -0.25) is 0 Å². The molecule has 0 spiro atoms. The molecule has 2 aliphatic rings. The summed E-state index contributed by atoms with van der Waals surface area (Å²) in [4.78, 5) is 15.4. The lowest BCUT2D eigenvalue weighted by Gasteiger charge is -2.30. The van der Waals surface area contributed by atoms with Gasteiger partial charge in [-0.1, -0.05) is 6.92 Å². The van der Waals surface area contributed by atoms with Crippen molar-refractivity contribution in [1.29, 1.82) is 0 Å². The van der Waals surface area contributed by atoms with Crippen molar-refractivity contribution in [2.75, 3.05) is 30.4 Å². The number of nitrogens with zero attached hydrogens (tertiary/aromatic N) is 4. The number of rotatable bonds is 5. The fourth-order valence-corrected chi connectivity index (χ4v) is 2.70. The molecule has 2 heterocycles.